The standard InChI is InChI=1S/C35H38N4O2/c40-35-38(32-18-10-11-19-33(32)39(35)28-29-12-4-1-5-13-29)25-24-36-20-22-37(23-21-36)26-27-41-34(30-14-6-2-7-15-30)31-16-8-3-9-17-31/h1-19,34H,20-28H2. The van der Waals surface area contributed by atoms with Gasteiger partial charge in [0.1, 0.15) is 6.10 Å². The fourth-order valence-electron chi connectivity index (χ4n) is 5.83. The van der Waals surface area contributed by atoms with Crippen LogP contribution in [0.3, 0.4) is 0 Å². The van der Waals surface area contributed by atoms with Gasteiger partial charge in [-0.15, -0.1) is 0 Å². The molecule has 1 aliphatic heterocycles. The number of piperazine rings is 1. The second-order valence-electron chi connectivity index (χ2n) is 10.8. The lowest BCUT2D eigenvalue weighted by Gasteiger charge is -2.35. The van der Waals surface area contributed by atoms with E-state index in [-0.39, 0.29) is 11.8 Å². The molecule has 6 heteroatoms. The molecule has 6 rings (SSSR count). The van der Waals surface area contributed by atoms with Gasteiger partial charge in [0.2, 0.25) is 0 Å². The van der Waals surface area contributed by atoms with Crippen molar-refractivity contribution >= 4 is 11.0 Å². The molecular weight excluding hydrogens is 508 g/mol. The van der Waals surface area contributed by atoms with Crippen molar-refractivity contribution in [1.29, 1.82) is 0 Å². The van der Waals surface area contributed by atoms with Crippen LogP contribution >= 0.6 is 0 Å². The molecule has 1 saturated heterocycles. The molecule has 0 saturated carbocycles. The highest BCUT2D eigenvalue weighted by Gasteiger charge is 2.20. The lowest BCUT2D eigenvalue weighted by molar-refractivity contribution is 0.0448. The summed E-state index contributed by atoms with van der Waals surface area (Å²) in [5.74, 6) is 0. The van der Waals surface area contributed by atoms with Crippen LogP contribution in [0.25, 0.3) is 11.0 Å². The second kappa shape index (κ2) is 13.1. The summed E-state index contributed by atoms with van der Waals surface area (Å²) in [6.07, 6.45) is -0.0546. The molecular formula is C35H38N4O2. The quantitative estimate of drug-likeness (QED) is 0.226. The maximum Gasteiger partial charge on any atom is 0.329 e. The Morgan fingerprint density at radius 3 is 1.63 bits per heavy atom. The lowest BCUT2D eigenvalue weighted by Crippen LogP contribution is -2.48. The predicted molar refractivity (Wildman–Crippen MR) is 165 cm³/mol. The number of rotatable bonds is 11. The lowest BCUT2D eigenvalue weighted by atomic mass is 10.0. The number of aromatic nitrogens is 2. The number of para-hydroxylation sites is 2. The first-order valence-corrected chi connectivity index (χ1v) is 14.6. The van der Waals surface area contributed by atoms with Crippen molar-refractivity contribution in [3.05, 3.63) is 142 Å². The number of imidazole rings is 1. The number of benzene rings is 4. The number of hydrogen-bond acceptors (Lipinski definition) is 4. The van der Waals surface area contributed by atoms with Gasteiger partial charge in [0.15, 0.2) is 0 Å². The zero-order valence-electron chi connectivity index (χ0n) is 23.5. The summed E-state index contributed by atoms with van der Waals surface area (Å²) in [5.41, 5.74) is 5.58. The minimum absolute atomic E-state index is 0.0546. The van der Waals surface area contributed by atoms with E-state index in [4.69, 9.17) is 4.74 Å². The van der Waals surface area contributed by atoms with Crippen LogP contribution in [0.5, 0.6) is 0 Å². The Hall–Kier alpha value is -3.97. The first-order valence-electron chi connectivity index (χ1n) is 14.6. The molecule has 1 aliphatic rings. The molecule has 5 aromatic rings. The van der Waals surface area contributed by atoms with Gasteiger partial charge in [0.05, 0.1) is 24.2 Å². The van der Waals surface area contributed by atoms with Gasteiger partial charge < -0.3 is 4.74 Å². The first kappa shape index (κ1) is 27.2. The first-order chi connectivity index (χ1) is 20.3. The van der Waals surface area contributed by atoms with Crippen LogP contribution < -0.4 is 5.69 Å². The average Bonchev–Trinajstić information content (AvgIpc) is 3.30. The molecule has 0 aliphatic carbocycles. The van der Waals surface area contributed by atoms with E-state index in [1.54, 1.807) is 0 Å². The molecule has 0 spiro atoms. The largest absolute Gasteiger partial charge is 0.367 e. The van der Waals surface area contributed by atoms with Gasteiger partial charge in [0, 0.05) is 45.8 Å². The Morgan fingerprint density at radius 1 is 0.561 bits per heavy atom. The third-order valence-electron chi connectivity index (χ3n) is 8.11. The van der Waals surface area contributed by atoms with Crippen molar-refractivity contribution in [3.8, 4) is 0 Å². The van der Waals surface area contributed by atoms with Crippen LogP contribution in [-0.4, -0.2) is 64.8 Å². The maximum absolute atomic E-state index is 13.5. The van der Waals surface area contributed by atoms with Crippen molar-refractivity contribution in [1.82, 2.24) is 18.9 Å². The molecule has 210 valence electrons. The minimum Gasteiger partial charge on any atom is -0.367 e. The molecule has 0 atom stereocenters. The molecule has 6 nitrogen and oxygen atoms in total. The Morgan fingerprint density at radius 2 is 1.05 bits per heavy atom. The molecule has 0 radical (unpaired) electrons. The van der Waals surface area contributed by atoms with Gasteiger partial charge in [0.25, 0.3) is 0 Å². The second-order valence-corrected chi connectivity index (χ2v) is 10.8. The summed E-state index contributed by atoms with van der Waals surface area (Å²) in [6, 6.07) is 39.3. The van der Waals surface area contributed by atoms with Gasteiger partial charge >= 0.3 is 5.69 Å². The Balaban J connectivity index is 1.02. The molecule has 0 bridgehead atoms. The molecule has 0 N–H and O–H groups in total. The van der Waals surface area contributed by atoms with Gasteiger partial charge in [-0.3, -0.25) is 18.9 Å². The van der Waals surface area contributed by atoms with Crippen molar-refractivity contribution < 1.29 is 4.74 Å². The summed E-state index contributed by atoms with van der Waals surface area (Å²) in [6.45, 7) is 7.76. The van der Waals surface area contributed by atoms with E-state index in [9.17, 15) is 4.79 Å². The van der Waals surface area contributed by atoms with Gasteiger partial charge in [-0.25, -0.2) is 4.79 Å². The van der Waals surface area contributed by atoms with Gasteiger partial charge in [-0.05, 0) is 28.8 Å². The van der Waals surface area contributed by atoms with Crippen molar-refractivity contribution in [3.63, 3.8) is 0 Å². The zero-order valence-corrected chi connectivity index (χ0v) is 23.5. The van der Waals surface area contributed by atoms with E-state index >= 15 is 0 Å². The van der Waals surface area contributed by atoms with Gasteiger partial charge in [-0.2, -0.15) is 0 Å². The highest BCUT2D eigenvalue weighted by Crippen LogP contribution is 2.25. The summed E-state index contributed by atoms with van der Waals surface area (Å²) in [5, 5.41) is 0. The Kier molecular flexibility index (Phi) is 8.71. The third-order valence-corrected chi connectivity index (χ3v) is 8.11. The number of ether oxygens (including phenoxy) is 1. The predicted octanol–water partition coefficient (Wildman–Crippen LogP) is 5.28. The smallest absolute Gasteiger partial charge is 0.329 e. The number of nitrogens with zero attached hydrogens (tertiary/aromatic N) is 4. The SMILES string of the molecule is O=c1n(CCN2CCN(CCOC(c3ccccc3)c3ccccc3)CC2)c2ccccc2n1Cc1ccccc1. The number of fused-ring (bicyclic) bond motifs is 1. The molecule has 1 aromatic heterocycles. The third kappa shape index (κ3) is 6.51. The molecule has 2 heterocycles. The van der Waals surface area contributed by atoms with Crippen LogP contribution in [0.15, 0.2) is 120 Å². The van der Waals surface area contributed by atoms with Crippen LogP contribution in [0, 0.1) is 0 Å². The van der Waals surface area contributed by atoms with E-state index in [0.29, 0.717) is 19.7 Å². The zero-order chi connectivity index (χ0) is 27.9. The van der Waals surface area contributed by atoms with E-state index in [1.165, 1.54) is 11.1 Å². The Bertz CT molecular complexity index is 1530. The van der Waals surface area contributed by atoms with Crippen LogP contribution in [0.1, 0.15) is 22.8 Å². The van der Waals surface area contributed by atoms with E-state index in [1.807, 2.05) is 51.6 Å². The summed E-state index contributed by atoms with van der Waals surface area (Å²) in [7, 11) is 0. The molecule has 0 amide bonds. The molecule has 0 unspecified atom stereocenters. The minimum atomic E-state index is -0.0546. The van der Waals surface area contributed by atoms with E-state index in [2.05, 4.69) is 82.6 Å². The van der Waals surface area contributed by atoms with Crippen LogP contribution in [-0.2, 0) is 17.8 Å². The fourth-order valence-corrected chi connectivity index (χ4v) is 5.83. The molecule has 1 fully saturated rings. The van der Waals surface area contributed by atoms with Gasteiger partial charge in [-0.1, -0.05) is 103 Å². The van der Waals surface area contributed by atoms with Crippen LogP contribution in [0.2, 0.25) is 0 Å². The average molecular weight is 547 g/mol. The number of hydrogen-bond donors (Lipinski definition) is 0. The highest BCUT2D eigenvalue weighted by atomic mass is 16.5. The topological polar surface area (TPSA) is 42.6 Å². The van der Waals surface area contributed by atoms with Crippen molar-refractivity contribution in [2.24, 2.45) is 0 Å². The highest BCUT2D eigenvalue weighted by molar-refractivity contribution is 5.76. The van der Waals surface area contributed by atoms with E-state index < -0.39 is 0 Å². The van der Waals surface area contributed by atoms with Crippen LogP contribution in [0.4, 0.5) is 0 Å². The maximum atomic E-state index is 13.5. The fraction of sp³-hybridized carbons (Fsp3) is 0.286. The summed E-state index contributed by atoms with van der Waals surface area (Å²) < 4.78 is 10.3. The molecule has 4 aromatic carbocycles. The van der Waals surface area contributed by atoms with Crippen molar-refractivity contribution in [2.45, 2.75) is 19.2 Å². The monoisotopic (exact) mass is 546 g/mol. The Labute approximate surface area is 242 Å². The van der Waals surface area contributed by atoms with Crippen molar-refractivity contribution in [2.75, 3.05) is 45.9 Å². The normalized spacial score (nSPS) is 14.7. The summed E-state index contributed by atoms with van der Waals surface area (Å²) in [4.78, 5) is 18.4. The summed E-state index contributed by atoms with van der Waals surface area (Å²) >= 11 is 0. The molecule has 41 heavy (non-hydrogen) atoms. The van der Waals surface area contributed by atoms with E-state index in [0.717, 1.165) is 55.9 Å².